The van der Waals surface area contributed by atoms with Crippen molar-refractivity contribution in [2.24, 2.45) is 0 Å². The monoisotopic (exact) mass is 489 g/mol. The van der Waals surface area contributed by atoms with E-state index in [9.17, 15) is 0 Å². The fraction of sp³-hybridized carbons (Fsp3) is 0. The second kappa shape index (κ2) is 36.8. The molecule has 0 saturated heterocycles. The van der Waals surface area contributed by atoms with Gasteiger partial charge >= 0.3 is 93.1 Å². The molecule has 0 heterocycles. The summed E-state index contributed by atoms with van der Waals surface area (Å²) < 4.78 is 0. The number of nitrogens with zero attached hydrogens (tertiary/aromatic N) is 5. The zero-order valence-corrected chi connectivity index (χ0v) is 16.1. The van der Waals surface area contributed by atoms with Crippen LogP contribution < -0.4 is 51.4 Å². The van der Waals surface area contributed by atoms with E-state index in [0.29, 0.717) is 0 Å². The van der Waals surface area contributed by atoms with Crippen molar-refractivity contribution in [3.05, 3.63) is 76.6 Å². The molecule has 0 amide bonds. The predicted octanol–water partition coefficient (Wildman–Crippen LogP) is -4.19. The summed E-state index contributed by atoms with van der Waals surface area (Å²) in [6, 6.07) is 0. The predicted molar refractivity (Wildman–Crippen MR) is 51.8 cm³/mol. The van der Waals surface area contributed by atoms with E-state index in [2.05, 4.69) is 0 Å². The van der Waals surface area contributed by atoms with Crippen molar-refractivity contribution in [1.29, 1.82) is 0 Å². The molecule has 0 aromatic heterocycles. The molecular weight excluding hydrogens is 489 g/mol. The van der Waals surface area contributed by atoms with E-state index in [0.717, 1.165) is 0 Å². The first kappa shape index (κ1) is 42.9. The van der Waals surface area contributed by atoms with Crippen molar-refractivity contribution in [2.75, 3.05) is 0 Å². The van der Waals surface area contributed by atoms with Crippen molar-refractivity contribution in [1.82, 2.24) is 0 Å². The fourth-order valence-corrected chi connectivity index (χ4v) is 0. The van der Waals surface area contributed by atoms with Gasteiger partial charge in [-0.25, -0.2) is 0 Å². The normalized spacial score (nSPS) is 5.45. The molecule has 0 rings (SSSR count). The van der Waals surface area contributed by atoms with E-state index in [-0.39, 0.29) is 93.1 Å². The smallest absolute Gasteiger partial charge is 0.356 e. The molecule has 0 bridgehead atoms. The van der Waals surface area contributed by atoms with Crippen molar-refractivity contribution in [3.63, 3.8) is 0 Å². The average molecular weight is 489 g/mol. The van der Waals surface area contributed by atoms with E-state index in [1.165, 1.54) is 0 Å². The molecular formula is CeKN5O15. The Morgan fingerprint density at radius 2 is 0.364 bits per heavy atom. The van der Waals surface area contributed by atoms with Gasteiger partial charge in [-0.15, -0.1) is 0 Å². The Hall–Kier alpha value is -0.987. The minimum Gasteiger partial charge on any atom is -0.356 e. The van der Waals surface area contributed by atoms with Gasteiger partial charge in [0.05, 0.1) is 25.4 Å². The van der Waals surface area contributed by atoms with Crippen LogP contribution >= 0.6 is 0 Å². The number of rotatable bonds is 0. The topological polar surface area (TPSA) is 331 Å². The first-order valence-corrected chi connectivity index (χ1v) is 2.74. The minimum atomic E-state index is -1.75. The molecule has 0 aromatic rings. The summed E-state index contributed by atoms with van der Waals surface area (Å²) >= 11 is 0. The number of hydrogen-bond acceptors (Lipinski definition) is 15. The zero-order chi connectivity index (χ0) is 17.9. The third-order valence-electron chi connectivity index (χ3n) is 0. The van der Waals surface area contributed by atoms with Gasteiger partial charge in [-0.3, -0.25) is 0 Å². The summed E-state index contributed by atoms with van der Waals surface area (Å²) in [5.41, 5.74) is 0. The molecule has 0 radical (unpaired) electrons. The third kappa shape index (κ3) is 6330. The molecule has 0 saturated carbocycles. The molecule has 0 unspecified atom stereocenters. The molecule has 0 N–H and O–H groups in total. The Bertz CT molecular complexity index is 213. The molecule has 20 nitrogen and oxygen atoms in total. The van der Waals surface area contributed by atoms with Gasteiger partial charge in [0.1, 0.15) is 0 Å². The van der Waals surface area contributed by atoms with Crippen LogP contribution in [0, 0.1) is 118 Å². The summed E-state index contributed by atoms with van der Waals surface area (Å²) in [6.45, 7) is 0. The second-order valence-corrected chi connectivity index (χ2v) is 1.12. The third-order valence-corrected chi connectivity index (χ3v) is 0. The summed E-state index contributed by atoms with van der Waals surface area (Å²) in [5, 5.41) is 73.8. The van der Waals surface area contributed by atoms with Crippen LogP contribution in [0.4, 0.5) is 0 Å². The van der Waals surface area contributed by atoms with Crippen LogP contribution in [0.15, 0.2) is 0 Å². The Kier molecular flexibility index (Phi) is 71.8. The molecule has 22 heavy (non-hydrogen) atoms. The number of hydrogen-bond donors (Lipinski definition) is 0. The van der Waals surface area contributed by atoms with Crippen molar-refractivity contribution in [2.45, 2.75) is 0 Å². The van der Waals surface area contributed by atoms with Crippen LogP contribution in [0.1, 0.15) is 0 Å². The van der Waals surface area contributed by atoms with Crippen LogP contribution in [0.5, 0.6) is 0 Å². The van der Waals surface area contributed by atoms with Crippen LogP contribution in [-0.2, 0) is 0 Å². The van der Waals surface area contributed by atoms with E-state index in [4.69, 9.17) is 76.6 Å². The maximum atomic E-state index is 8.25. The SMILES string of the molecule is O=[N+]([O-])[O-].O=[N+]([O-])[O-].O=[N+]([O-])[O-].O=[N+]([O-])[O-].O=[N+]([O-])[O-].[Ce+4].[K+]. The van der Waals surface area contributed by atoms with Gasteiger partial charge in [-0.1, -0.05) is 0 Å². The van der Waals surface area contributed by atoms with Gasteiger partial charge in [-0.2, -0.15) is 0 Å². The van der Waals surface area contributed by atoms with Crippen molar-refractivity contribution < 1.29 is 119 Å². The maximum absolute atomic E-state index is 8.25. The molecule has 120 valence electrons. The zero-order valence-electron chi connectivity index (χ0n) is 9.86. The average Bonchev–Trinajstić information content (AvgIpc) is 1.94. The van der Waals surface area contributed by atoms with Gasteiger partial charge in [-0.05, 0) is 0 Å². The van der Waals surface area contributed by atoms with E-state index >= 15 is 0 Å². The molecule has 0 fully saturated rings. The molecule has 0 aliphatic carbocycles. The minimum absolute atomic E-state index is 0. The van der Waals surface area contributed by atoms with Gasteiger partial charge < -0.3 is 76.6 Å². The van der Waals surface area contributed by atoms with Crippen molar-refractivity contribution in [3.8, 4) is 0 Å². The van der Waals surface area contributed by atoms with Crippen LogP contribution in [0.25, 0.3) is 0 Å². The molecule has 0 aromatic carbocycles. The largest absolute Gasteiger partial charge is 4.00 e. The Balaban J connectivity index is -0.0000000250. The fourth-order valence-electron chi connectivity index (χ4n) is 0. The molecule has 22 heteroatoms. The van der Waals surface area contributed by atoms with E-state index < -0.39 is 25.4 Å². The van der Waals surface area contributed by atoms with Crippen LogP contribution in [0.2, 0.25) is 0 Å². The van der Waals surface area contributed by atoms with Gasteiger partial charge in [0.25, 0.3) is 0 Å². The Labute approximate surface area is 192 Å². The molecule has 0 atom stereocenters. The first-order valence-electron chi connectivity index (χ1n) is 2.74. The summed E-state index contributed by atoms with van der Waals surface area (Å²) in [4.78, 5) is 41.2. The van der Waals surface area contributed by atoms with Gasteiger partial charge in [0, 0.05) is 0 Å². The van der Waals surface area contributed by atoms with Gasteiger partial charge in [0.15, 0.2) is 0 Å². The quantitative estimate of drug-likeness (QED) is 0.177. The molecule has 0 aliphatic rings. The summed E-state index contributed by atoms with van der Waals surface area (Å²) in [7, 11) is 0. The van der Waals surface area contributed by atoms with Gasteiger partial charge in [0.2, 0.25) is 0 Å². The summed E-state index contributed by atoms with van der Waals surface area (Å²) in [5.74, 6) is 0. The van der Waals surface area contributed by atoms with Crippen LogP contribution in [-0.4, -0.2) is 25.4 Å². The first-order chi connectivity index (χ1) is 8.66. The van der Waals surface area contributed by atoms with Crippen LogP contribution in [0.3, 0.4) is 0 Å². The second-order valence-electron chi connectivity index (χ2n) is 1.12. The van der Waals surface area contributed by atoms with Crippen molar-refractivity contribution >= 4 is 0 Å². The standard InChI is InChI=1S/Ce.K.5NO3/c;;5*2-1(3)4/q+4;+1;5*-1. The van der Waals surface area contributed by atoms with E-state index in [1.807, 2.05) is 0 Å². The maximum Gasteiger partial charge on any atom is 4.00 e. The summed E-state index contributed by atoms with van der Waals surface area (Å²) in [6.07, 6.45) is 0. The Morgan fingerprint density at radius 1 is 0.364 bits per heavy atom. The molecule has 0 aliphatic heterocycles. The van der Waals surface area contributed by atoms with E-state index in [1.54, 1.807) is 0 Å². The Morgan fingerprint density at radius 3 is 0.364 bits per heavy atom. The molecule has 0 spiro atoms.